The first-order chi connectivity index (χ1) is 7.31. The minimum Gasteiger partial charge on any atom is -0.455 e. The standard InChI is InChI=1S/C10H13ClN2O2S/c1-10(2,3)15-8(14)6-5-7(16-4)13-9(11)12-6/h5H,1-4H3. The molecule has 0 aliphatic rings. The molecule has 0 aliphatic heterocycles. The van der Waals surface area contributed by atoms with Gasteiger partial charge in [0.05, 0.1) is 0 Å². The number of ether oxygens (including phenoxy) is 1. The molecule has 1 aromatic rings. The Hall–Kier alpha value is -0.810. The Kier molecular flexibility index (Phi) is 4.15. The Balaban J connectivity index is 2.95. The number of carbonyl (C=O) groups excluding carboxylic acids is 1. The average Bonchev–Trinajstić information content (AvgIpc) is 2.14. The number of rotatable bonds is 2. The monoisotopic (exact) mass is 260 g/mol. The van der Waals surface area contributed by atoms with Crippen LogP contribution in [0.5, 0.6) is 0 Å². The molecule has 0 amide bonds. The van der Waals surface area contributed by atoms with Gasteiger partial charge in [-0.15, -0.1) is 11.8 Å². The Labute approximate surface area is 104 Å². The maximum atomic E-state index is 11.7. The molecule has 1 rings (SSSR count). The van der Waals surface area contributed by atoms with E-state index in [1.807, 2.05) is 6.26 Å². The largest absolute Gasteiger partial charge is 0.455 e. The van der Waals surface area contributed by atoms with Crippen molar-refractivity contribution in [1.82, 2.24) is 9.97 Å². The number of nitrogens with zero attached hydrogens (tertiary/aromatic N) is 2. The number of esters is 1. The molecule has 0 bridgehead atoms. The van der Waals surface area contributed by atoms with E-state index in [-0.39, 0.29) is 11.0 Å². The van der Waals surface area contributed by atoms with Crippen LogP contribution in [-0.4, -0.2) is 27.8 Å². The highest BCUT2D eigenvalue weighted by Crippen LogP contribution is 2.17. The van der Waals surface area contributed by atoms with Gasteiger partial charge in [0, 0.05) is 6.07 Å². The minimum atomic E-state index is -0.548. The van der Waals surface area contributed by atoms with E-state index in [0.717, 1.165) is 0 Å². The molecule has 0 saturated carbocycles. The van der Waals surface area contributed by atoms with Crippen LogP contribution in [0.3, 0.4) is 0 Å². The molecule has 0 spiro atoms. The third-order valence-corrected chi connectivity index (χ3v) is 2.29. The topological polar surface area (TPSA) is 52.1 Å². The molecule has 0 radical (unpaired) electrons. The van der Waals surface area contributed by atoms with Crippen molar-refractivity contribution < 1.29 is 9.53 Å². The van der Waals surface area contributed by atoms with Crippen LogP contribution < -0.4 is 0 Å². The number of aromatic nitrogens is 2. The molecule has 0 aromatic carbocycles. The lowest BCUT2D eigenvalue weighted by molar-refractivity contribution is 0.00622. The van der Waals surface area contributed by atoms with Gasteiger partial charge < -0.3 is 4.74 Å². The molecule has 0 unspecified atom stereocenters. The van der Waals surface area contributed by atoms with E-state index >= 15 is 0 Å². The summed E-state index contributed by atoms with van der Waals surface area (Å²) in [5, 5.41) is 0.688. The smallest absolute Gasteiger partial charge is 0.357 e. The maximum absolute atomic E-state index is 11.7. The first-order valence-electron chi connectivity index (χ1n) is 4.64. The van der Waals surface area contributed by atoms with Crippen LogP contribution in [0.2, 0.25) is 5.28 Å². The van der Waals surface area contributed by atoms with Crippen molar-refractivity contribution in [2.24, 2.45) is 0 Å². The summed E-state index contributed by atoms with van der Waals surface area (Å²) < 4.78 is 5.18. The predicted molar refractivity (Wildman–Crippen MR) is 64.0 cm³/mol. The third-order valence-electron chi connectivity index (χ3n) is 1.49. The third kappa shape index (κ3) is 3.98. The average molecular weight is 261 g/mol. The highest BCUT2D eigenvalue weighted by Gasteiger charge is 2.20. The van der Waals surface area contributed by atoms with Crippen LogP contribution in [0, 0.1) is 0 Å². The first-order valence-corrected chi connectivity index (χ1v) is 6.24. The normalized spacial score (nSPS) is 11.3. The number of hydrogen-bond donors (Lipinski definition) is 0. The van der Waals surface area contributed by atoms with Crippen molar-refractivity contribution in [2.45, 2.75) is 31.4 Å². The van der Waals surface area contributed by atoms with Crippen LogP contribution in [-0.2, 0) is 4.74 Å². The summed E-state index contributed by atoms with van der Waals surface area (Å²) in [6.45, 7) is 5.38. The number of hydrogen-bond acceptors (Lipinski definition) is 5. The van der Waals surface area contributed by atoms with Crippen molar-refractivity contribution in [1.29, 1.82) is 0 Å². The fraction of sp³-hybridized carbons (Fsp3) is 0.500. The van der Waals surface area contributed by atoms with Gasteiger partial charge >= 0.3 is 5.97 Å². The predicted octanol–water partition coefficient (Wildman–Crippen LogP) is 2.81. The highest BCUT2D eigenvalue weighted by molar-refractivity contribution is 7.98. The molecular formula is C10H13ClN2O2S. The Morgan fingerprint density at radius 1 is 1.44 bits per heavy atom. The van der Waals surface area contributed by atoms with Crippen molar-refractivity contribution in [3.63, 3.8) is 0 Å². The van der Waals surface area contributed by atoms with Crippen molar-refractivity contribution >= 4 is 29.3 Å². The zero-order valence-electron chi connectivity index (χ0n) is 9.57. The molecule has 0 N–H and O–H groups in total. The van der Waals surface area contributed by atoms with Crippen LogP contribution in [0.4, 0.5) is 0 Å². The summed E-state index contributed by atoms with van der Waals surface area (Å²) in [7, 11) is 0. The summed E-state index contributed by atoms with van der Waals surface area (Å²) >= 11 is 7.09. The van der Waals surface area contributed by atoms with Gasteiger partial charge in [0.1, 0.15) is 10.6 Å². The van der Waals surface area contributed by atoms with E-state index in [2.05, 4.69) is 9.97 Å². The zero-order valence-corrected chi connectivity index (χ0v) is 11.1. The second-order valence-electron chi connectivity index (χ2n) is 4.07. The fourth-order valence-corrected chi connectivity index (χ4v) is 1.58. The molecule has 1 heterocycles. The molecule has 88 valence electrons. The number of thioether (sulfide) groups is 1. The first kappa shape index (κ1) is 13.3. The van der Waals surface area contributed by atoms with E-state index < -0.39 is 11.6 Å². The van der Waals surface area contributed by atoms with E-state index in [0.29, 0.717) is 5.03 Å². The SMILES string of the molecule is CSc1cc(C(=O)OC(C)(C)C)nc(Cl)n1. The maximum Gasteiger partial charge on any atom is 0.357 e. The molecule has 1 aromatic heterocycles. The van der Waals surface area contributed by atoms with E-state index in [1.165, 1.54) is 11.8 Å². The summed E-state index contributed by atoms with van der Waals surface area (Å²) in [6, 6.07) is 1.56. The quantitative estimate of drug-likeness (QED) is 0.354. The van der Waals surface area contributed by atoms with Crippen LogP contribution >= 0.6 is 23.4 Å². The van der Waals surface area contributed by atoms with Crippen molar-refractivity contribution in [2.75, 3.05) is 6.26 Å². The van der Waals surface area contributed by atoms with Gasteiger partial charge in [0.2, 0.25) is 5.28 Å². The van der Waals surface area contributed by atoms with Crippen molar-refractivity contribution in [3.05, 3.63) is 17.0 Å². The van der Waals surface area contributed by atoms with E-state index in [9.17, 15) is 4.79 Å². The van der Waals surface area contributed by atoms with Gasteiger partial charge in [-0.1, -0.05) is 0 Å². The Morgan fingerprint density at radius 2 is 2.06 bits per heavy atom. The molecule has 6 heteroatoms. The molecule has 0 saturated heterocycles. The summed E-state index contributed by atoms with van der Waals surface area (Å²) in [6.07, 6.45) is 1.84. The molecule has 16 heavy (non-hydrogen) atoms. The highest BCUT2D eigenvalue weighted by atomic mass is 35.5. The molecular weight excluding hydrogens is 248 g/mol. The molecule has 0 atom stereocenters. The van der Waals surface area contributed by atoms with Gasteiger partial charge in [-0.3, -0.25) is 0 Å². The lowest BCUT2D eigenvalue weighted by atomic mass is 10.2. The zero-order chi connectivity index (χ0) is 12.3. The van der Waals surface area contributed by atoms with E-state index in [4.69, 9.17) is 16.3 Å². The van der Waals surface area contributed by atoms with Crippen LogP contribution in [0.1, 0.15) is 31.3 Å². The summed E-state index contributed by atoms with van der Waals surface area (Å²) in [5.74, 6) is -0.493. The Bertz CT molecular complexity index is 404. The minimum absolute atomic E-state index is 0.0488. The number of halogens is 1. The second-order valence-corrected chi connectivity index (χ2v) is 5.23. The summed E-state index contributed by atoms with van der Waals surface area (Å²) in [4.78, 5) is 19.5. The van der Waals surface area contributed by atoms with Gasteiger partial charge in [-0.2, -0.15) is 0 Å². The molecule has 4 nitrogen and oxygen atoms in total. The van der Waals surface area contributed by atoms with Crippen LogP contribution in [0.15, 0.2) is 11.1 Å². The summed E-state index contributed by atoms with van der Waals surface area (Å²) in [5.41, 5.74) is -0.368. The lowest BCUT2D eigenvalue weighted by Gasteiger charge is -2.19. The Morgan fingerprint density at radius 3 is 2.56 bits per heavy atom. The van der Waals surface area contributed by atoms with Gasteiger partial charge in [0.15, 0.2) is 5.69 Å². The molecule has 0 fully saturated rings. The van der Waals surface area contributed by atoms with Gasteiger partial charge in [-0.25, -0.2) is 14.8 Å². The van der Waals surface area contributed by atoms with Gasteiger partial charge in [-0.05, 0) is 38.6 Å². The van der Waals surface area contributed by atoms with Gasteiger partial charge in [0.25, 0.3) is 0 Å². The lowest BCUT2D eigenvalue weighted by Crippen LogP contribution is -2.24. The fourth-order valence-electron chi connectivity index (χ4n) is 0.936. The van der Waals surface area contributed by atoms with Crippen molar-refractivity contribution in [3.8, 4) is 0 Å². The second kappa shape index (κ2) is 5.01. The molecule has 0 aliphatic carbocycles. The van der Waals surface area contributed by atoms with E-state index in [1.54, 1.807) is 26.8 Å². The number of carbonyl (C=O) groups is 1. The van der Waals surface area contributed by atoms with Crippen LogP contribution in [0.25, 0.3) is 0 Å².